The molecular formula is C12H23ClN2O2S. The molecule has 2 saturated heterocycles. The van der Waals surface area contributed by atoms with Crippen LogP contribution in [-0.2, 0) is 10.0 Å². The molecule has 2 atom stereocenters. The lowest BCUT2D eigenvalue weighted by Gasteiger charge is -2.34. The van der Waals surface area contributed by atoms with Gasteiger partial charge in [0.1, 0.15) is 0 Å². The van der Waals surface area contributed by atoms with Gasteiger partial charge >= 0.3 is 0 Å². The summed E-state index contributed by atoms with van der Waals surface area (Å²) in [7, 11) is -3.02. The van der Waals surface area contributed by atoms with Crippen LogP contribution in [0.3, 0.4) is 0 Å². The Morgan fingerprint density at radius 1 is 1.22 bits per heavy atom. The molecule has 2 unspecified atom stereocenters. The molecule has 0 saturated carbocycles. The summed E-state index contributed by atoms with van der Waals surface area (Å²) in [5.74, 6) is 1.17. The van der Waals surface area contributed by atoms with E-state index in [2.05, 4.69) is 4.90 Å². The van der Waals surface area contributed by atoms with Crippen LogP contribution in [0.25, 0.3) is 0 Å². The zero-order chi connectivity index (χ0) is 13.2. The van der Waals surface area contributed by atoms with Crippen LogP contribution in [0.4, 0.5) is 0 Å². The Balaban J connectivity index is 1.90. The Hall–Kier alpha value is 0.160. The summed E-state index contributed by atoms with van der Waals surface area (Å²) in [6.07, 6.45) is 5.84. The van der Waals surface area contributed by atoms with E-state index in [1.807, 2.05) is 0 Å². The van der Waals surface area contributed by atoms with E-state index in [9.17, 15) is 8.42 Å². The lowest BCUT2D eigenvalue weighted by molar-refractivity contribution is 0.175. The second kappa shape index (κ2) is 6.07. The fourth-order valence-electron chi connectivity index (χ4n) is 3.12. The molecule has 2 heterocycles. The average Bonchev–Trinajstić information content (AvgIpc) is 2.75. The zero-order valence-corrected chi connectivity index (χ0v) is 12.6. The van der Waals surface area contributed by atoms with Crippen molar-refractivity contribution in [2.45, 2.75) is 31.7 Å². The van der Waals surface area contributed by atoms with Crippen LogP contribution in [0.2, 0.25) is 0 Å². The van der Waals surface area contributed by atoms with Gasteiger partial charge in [-0.2, -0.15) is 0 Å². The Morgan fingerprint density at radius 3 is 2.61 bits per heavy atom. The number of hydrogen-bond acceptors (Lipinski definition) is 3. The van der Waals surface area contributed by atoms with Gasteiger partial charge in [0.05, 0.1) is 6.26 Å². The summed E-state index contributed by atoms with van der Waals surface area (Å²) in [5.41, 5.74) is 0. The highest BCUT2D eigenvalue weighted by Gasteiger charge is 2.30. The third kappa shape index (κ3) is 3.59. The number of alkyl halides is 1. The third-order valence-corrected chi connectivity index (χ3v) is 5.75. The summed E-state index contributed by atoms with van der Waals surface area (Å²) in [6, 6.07) is 0.500. The molecule has 0 aliphatic carbocycles. The van der Waals surface area contributed by atoms with Gasteiger partial charge in [-0.15, -0.1) is 11.6 Å². The molecule has 2 rings (SSSR count). The summed E-state index contributed by atoms with van der Waals surface area (Å²) in [6.45, 7) is 3.49. The molecule has 0 radical (unpaired) electrons. The monoisotopic (exact) mass is 294 g/mol. The van der Waals surface area contributed by atoms with Crippen LogP contribution < -0.4 is 0 Å². The topological polar surface area (TPSA) is 40.6 Å². The van der Waals surface area contributed by atoms with Gasteiger partial charge in [0.2, 0.25) is 10.0 Å². The molecule has 0 aromatic carbocycles. The van der Waals surface area contributed by atoms with E-state index >= 15 is 0 Å². The predicted molar refractivity (Wildman–Crippen MR) is 74.5 cm³/mol. The van der Waals surface area contributed by atoms with Crippen LogP contribution >= 0.6 is 11.6 Å². The van der Waals surface area contributed by atoms with Crippen molar-refractivity contribution in [1.82, 2.24) is 9.21 Å². The summed E-state index contributed by atoms with van der Waals surface area (Å²) < 4.78 is 24.8. The quantitative estimate of drug-likeness (QED) is 0.735. The molecule has 4 nitrogen and oxygen atoms in total. The van der Waals surface area contributed by atoms with Crippen molar-refractivity contribution in [3.05, 3.63) is 0 Å². The number of halogens is 1. The number of rotatable bonds is 4. The lowest BCUT2D eigenvalue weighted by Crippen LogP contribution is -2.44. The maximum Gasteiger partial charge on any atom is 0.211 e. The molecule has 0 bridgehead atoms. The third-order valence-electron chi connectivity index (χ3n) is 4.12. The number of sulfonamides is 1. The van der Waals surface area contributed by atoms with Gasteiger partial charge in [0.15, 0.2) is 0 Å². The normalized spacial score (nSPS) is 31.9. The SMILES string of the molecule is CS(=O)(=O)N1CCCC(CN2CCCC2CCl)C1. The summed E-state index contributed by atoms with van der Waals surface area (Å²) in [4.78, 5) is 2.45. The second-order valence-corrected chi connectivity index (χ2v) is 7.87. The van der Waals surface area contributed by atoms with Crippen molar-refractivity contribution in [3.8, 4) is 0 Å². The van der Waals surface area contributed by atoms with E-state index < -0.39 is 10.0 Å². The van der Waals surface area contributed by atoms with Gasteiger partial charge in [0.25, 0.3) is 0 Å². The second-order valence-electron chi connectivity index (χ2n) is 5.57. The first-order valence-electron chi connectivity index (χ1n) is 6.76. The van der Waals surface area contributed by atoms with Crippen LogP contribution in [0, 0.1) is 5.92 Å². The standard InChI is InChI=1S/C12H23ClN2O2S/c1-18(16,17)15-7-2-4-11(10-15)9-14-6-3-5-12(14)8-13/h11-12H,2-10H2,1H3. The van der Waals surface area contributed by atoms with Crippen molar-refractivity contribution < 1.29 is 8.42 Å². The Kier molecular flexibility index (Phi) is 4.92. The molecule has 0 amide bonds. The van der Waals surface area contributed by atoms with Crippen molar-refractivity contribution >= 4 is 21.6 Å². The number of nitrogens with zero attached hydrogens (tertiary/aromatic N) is 2. The van der Waals surface area contributed by atoms with Crippen molar-refractivity contribution in [3.63, 3.8) is 0 Å². The highest BCUT2D eigenvalue weighted by atomic mass is 35.5. The van der Waals surface area contributed by atoms with Gasteiger partial charge in [-0.3, -0.25) is 4.90 Å². The van der Waals surface area contributed by atoms with Gasteiger partial charge in [-0.25, -0.2) is 12.7 Å². The minimum atomic E-state index is -3.02. The summed E-state index contributed by atoms with van der Waals surface area (Å²) in [5, 5.41) is 0. The summed E-state index contributed by atoms with van der Waals surface area (Å²) >= 11 is 5.97. The van der Waals surface area contributed by atoms with E-state index in [0.29, 0.717) is 30.9 Å². The van der Waals surface area contributed by atoms with E-state index in [1.54, 1.807) is 4.31 Å². The Labute approximate surface area is 115 Å². The molecule has 2 fully saturated rings. The average molecular weight is 295 g/mol. The number of likely N-dealkylation sites (tertiary alicyclic amines) is 1. The number of hydrogen-bond donors (Lipinski definition) is 0. The van der Waals surface area contributed by atoms with E-state index in [4.69, 9.17) is 11.6 Å². The zero-order valence-electron chi connectivity index (χ0n) is 11.0. The van der Waals surface area contributed by atoms with Crippen LogP contribution in [0.1, 0.15) is 25.7 Å². The minimum Gasteiger partial charge on any atom is -0.299 e. The fraction of sp³-hybridized carbons (Fsp3) is 1.00. The highest BCUT2D eigenvalue weighted by Crippen LogP contribution is 2.24. The van der Waals surface area contributed by atoms with Crippen LogP contribution in [-0.4, -0.2) is 62.0 Å². The number of piperidine rings is 1. The Morgan fingerprint density at radius 2 is 1.94 bits per heavy atom. The molecule has 18 heavy (non-hydrogen) atoms. The van der Waals surface area contributed by atoms with Crippen molar-refractivity contribution in [1.29, 1.82) is 0 Å². The maximum atomic E-state index is 11.6. The van der Waals surface area contributed by atoms with Crippen molar-refractivity contribution in [2.24, 2.45) is 5.92 Å². The molecule has 106 valence electrons. The van der Waals surface area contributed by atoms with E-state index in [1.165, 1.54) is 19.1 Å². The largest absolute Gasteiger partial charge is 0.299 e. The highest BCUT2D eigenvalue weighted by molar-refractivity contribution is 7.88. The van der Waals surface area contributed by atoms with Crippen LogP contribution in [0.15, 0.2) is 0 Å². The Bertz CT molecular complexity index is 374. The van der Waals surface area contributed by atoms with Gasteiger partial charge < -0.3 is 0 Å². The molecule has 6 heteroatoms. The lowest BCUT2D eigenvalue weighted by atomic mass is 9.99. The molecule has 0 N–H and O–H groups in total. The van der Waals surface area contributed by atoms with Crippen LogP contribution in [0.5, 0.6) is 0 Å². The molecule has 2 aliphatic rings. The van der Waals surface area contributed by atoms with E-state index in [-0.39, 0.29) is 0 Å². The molecular weight excluding hydrogens is 272 g/mol. The molecule has 2 aliphatic heterocycles. The molecule has 0 aromatic rings. The van der Waals surface area contributed by atoms with Gasteiger partial charge in [-0.1, -0.05) is 0 Å². The first-order chi connectivity index (χ1) is 8.50. The first-order valence-corrected chi connectivity index (χ1v) is 9.14. The first kappa shape index (κ1) is 14.6. The van der Waals surface area contributed by atoms with Crippen molar-refractivity contribution in [2.75, 3.05) is 38.3 Å². The molecule has 0 spiro atoms. The minimum absolute atomic E-state index is 0.470. The van der Waals surface area contributed by atoms with Gasteiger partial charge in [0, 0.05) is 31.6 Å². The fourth-order valence-corrected chi connectivity index (χ4v) is 4.41. The molecule has 0 aromatic heterocycles. The predicted octanol–water partition coefficient (Wildman–Crippen LogP) is 1.36. The maximum absolute atomic E-state index is 11.6. The van der Waals surface area contributed by atoms with Gasteiger partial charge in [-0.05, 0) is 38.1 Å². The van der Waals surface area contributed by atoms with E-state index in [0.717, 1.165) is 25.9 Å². The smallest absolute Gasteiger partial charge is 0.211 e.